The van der Waals surface area contributed by atoms with Crippen LogP contribution in [0.3, 0.4) is 0 Å². The van der Waals surface area contributed by atoms with Crippen LogP contribution in [0.1, 0.15) is 23.9 Å². The number of hydrogen-bond acceptors (Lipinski definition) is 2. The molecule has 0 radical (unpaired) electrons. The van der Waals surface area contributed by atoms with Crippen molar-refractivity contribution in [2.75, 3.05) is 0 Å². The first-order valence-electron chi connectivity index (χ1n) is 6.13. The third-order valence-electron chi connectivity index (χ3n) is 2.96. The summed E-state index contributed by atoms with van der Waals surface area (Å²) >= 11 is 13.9. The summed E-state index contributed by atoms with van der Waals surface area (Å²) in [5.74, 6) is 1.38. The van der Waals surface area contributed by atoms with Crippen LogP contribution >= 0.6 is 35.0 Å². The lowest BCUT2D eigenvalue weighted by Crippen LogP contribution is -1.96. The van der Waals surface area contributed by atoms with E-state index in [1.807, 2.05) is 11.7 Å². The van der Waals surface area contributed by atoms with Gasteiger partial charge in [0.2, 0.25) is 0 Å². The summed E-state index contributed by atoms with van der Waals surface area (Å²) in [7, 11) is 1.94. The number of halogens is 2. The summed E-state index contributed by atoms with van der Waals surface area (Å²) in [6.45, 7) is 2.07. The highest BCUT2D eigenvalue weighted by Gasteiger charge is 2.12. The van der Waals surface area contributed by atoms with Gasteiger partial charge in [-0.15, -0.1) is 23.4 Å². The van der Waals surface area contributed by atoms with Gasteiger partial charge in [-0.25, -0.2) is 0 Å². The van der Waals surface area contributed by atoms with Gasteiger partial charge in [0, 0.05) is 23.6 Å². The summed E-state index contributed by atoms with van der Waals surface area (Å²) in [6, 6.07) is 8.29. The Labute approximate surface area is 128 Å². The van der Waals surface area contributed by atoms with Crippen molar-refractivity contribution >= 4 is 35.0 Å². The first-order valence-corrected chi connectivity index (χ1v) is 8.03. The molecule has 0 aliphatic carbocycles. The molecule has 0 bridgehead atoms. The van der Waals surface area contributed by atoms with Gasteiger partial charge in [-0.2, -0.15) is 5.10 Å². The first-order chi connectivity index (χ1) is 9.15. The van der Waals surface area contributed by atoms with Gasteiger partial charge in [0.25, 0.3) is 0 Å². The average Bonchev–Trinajstić information content (AvgIpc) is 2.72. The second-order valence-corrected chi connectivity index (χ2v) is 5.94. The van der Waals surface area contributed by atoms with Gasteiger partial charge in [-0.05, 0) is 24.1 Å². The maximum atomic E-state index is 6.33. The van der Waals surface area contributed by atoms with Gasteiger partial charge in [0.1, 0.15) is 0 Å². The third kappa shape index (κ3) is 3.47. The molecule has 0 aliphatic heterocycles. The molecular formula is C14H16Cl2N2S. The largest absolute Gasteiger partial charge is 0.270 e. The molecule has 1 aromatic heterocycles. The Morgan fingerprint density at radius 1 is 1.26 bits per heavy atom. The van der Waals surface area contributed by atoms with E-state index in [4.69, 9.17) is 23.2 Å². The van der Waals surface area contributed by atoms with Crippen molar-refractivity contribution in [3.8, 4) is 0 Å². The van der Waals surface area contributed by atoms with Gasteiger partial charge >= 0.3 is 0 Å². The minimum absolute atomic E-state index is 0.554. The van der Waals surface area contributed by atoms with Crippen LogP contribution in [0.5, 0.6) is 0 Å². The molecule has 2 nitrogen and oxygen atoms in total. The Kier molecular flexibility index (Phi) is 5.20. The Hall–Kier alpha value is -0.640. The number of thioether (sulfide) groups is 1. The quantitative estimate of drug-likeness (QED) is 0.589. The molecule has 0 saturated carbocycles. The fraction of sp³-hybridized carbons (Fsp3) is 0.357. The molecule has 0 fully saturated rings. The molecule has 0 saturated heterocycles. The highest BCUT2D eigenvalue weighted by atomic mass is 35.5. The number of nitrogens with zero attached hydrogens (tertiary/aromatic N) is 2. The van der Waals surface area contributed by atoms with E-state index in [0.29, 0.717) is 5.88 Å². The zero-order valence-corrected chi connectivity index (χ0v) is 13.3. The first kappa shape index (κ1) is 14.8. The van der Waals surface area contributed by atoms with Crippen LogP contribution in [0, 0.1) is 0 Å². The lowest BCUT2D eigenvalue weighted by atomic mass is 10.2. The Bertz CT molecular complexity index is 549. The second kappa shape index (κ2) is 6.69. The number of aryl methyl sites for hydroxylation is 2. The van der Waals surface area contributed by atoms with E-state index in [-0.39, 0.29) is 0 Å². The lowest BCUT2D eigenvalue weighted by Gasteiger charge is -2.04. The van der Waals surface area contributed by atoms with Crippen molar-refractivity contribution in [3.63, 3.8) is 0 Å². The Morgan fingerprint density at radius 3 is 2.47 bits per heavy atom. The average molecular weight is 315 g/mol. The lowest BCUT2D eigenvalue weighted by molar-refractivity contribution is 0.720. The van der Waals surface area contributed by atoms with Crippen molar-refractivity contribution in [1.82, 2.24) is 9.78 Å². The zero-order valence-electron chi connectivity index (χ0n) is 11.0. The van der Waals surface area contributed by atoms with Crippen molar-refractivity contribution in [2.24, 2.45) is 7.05 Å². The van der Waals surface area contributed by atoms with E-state index < -0.39 is 0 Å². The van der Waals surface area contributed by atoms with Gasteiger partial charge in [-0.3, -0.25) is 4.68 Å². The predicted octanol–water partition coefficient (Wildman–Crippen LogP) is 4.67. The van der Waals surface area contributed by atoms with Crippen molar-refractivity contribution in [1.29, 1.82) is 0 Å². The van der Waals surface area contributed by atoms with Gasteiger partial charge in [-0.1, -0.05) is 30.7 Å². The molecule has 2 aromatic rings. The fourth-order valence-corrected chi connectivity index (χ4v) is 3.38. The summed E-state index contributed by atoms with van der Waals surface area (Å²) in [6.07, 6.45) is 0.863. The van der Waals surface area contributed by atoms with E-state index in [1.165, 1.54) is 4.90 Å². The smallest absolute Gasteiger partial charge is 0.0858 e. The molecule has 19 heavy (non-hydrogen) atoms. The molecule has 0 atom stereocenters. The third-order valence-corrected chi connectivity index (χ3v) is 4.72. The molecule has 5 heteroatoms. The minimum Gasteiger partial charge on any atom is -0.270 e. The maximum Gasteiger partial charge on any atom is 0.0858 e. The molecule has 102 valence electrons. The number of rotatable bonds is 5. The van der Waals surface area contributed by atoms with Crippen LogP contribution in [0.25, 0.3) is 0 Å². The van der Waals surface area contributed by atoms with E-state index in [1.54, 1.807) is 11.8 Å². The molecule has 0 spiro atoms. The molecule has 1 aromatic carbocycles. The van der Waals surface area contributed by atoms with Crippen molar-refractivity contribution < 1.29 is 0 Å². The van der Waals surface area contributed by atoms with Crippen LogP contribution in [-0.4, -0.2) is 9.78 Å². The summed E-state index contributed by atoms with van der Waals surface area (Å²) < 4.78 is 1.88. The topological polar surface area (TPSA) is 17.8 Å². The van der Waals surface area contributed by atoms with Gasteiger partial charge < -0.3 is 0 Å². The van der Waals surface area contributed by atoms with Crippen molar-refractivity contribution in [3.05, 3.63) is 46.2 Å². The van der Waals surface area contributed by atoms with Crippen LogP contribution in [0.4, 0.5) is 0 Å². The molecule has 0 unspecified atom stereocenters. The summed E-state index contributed by atoms with van der Waals surface area (Å²) in [5, 5.41) is 5.22. The normalized spacial score (nSPS) is 10.9. The fourth-order valence-electron chi connectivity index (χ4n) is 1.80. The number of benzene rings is 1. The number of aromatic nitrogens is 2. The number of hydrogen-bond donors (Lipinski definition) is 0. The van der Waals surface area contributed by atoms with Crippen LogP contribution < -0.4 is 0 Å². The molecule has 0 aliphatic rings. The SMILES string of the molecule is CCc1nn(C)c(CSc2ccc(CCl)cc2)c1Cl. The van der Waals surface area contributed by atoms with E-state index in [2.05, 4.69) is 36.3 Å². The van der Waals surface area contributed by atoms with E-state index in [9.17, 15) is 0 Å². The van der Waals surface area contributed by atoms with Gasteiger partial charge in [0.15, 0.2) is 0 Å². The highest BCUT2D eigenvalue weighted by molar-refractivity contribution is 7.98. The molecular weight excluding hydrogens is 299 g/mol. The Morgan fingerprint density at radius 2 is 1.95 bits per heavy atom. The standard InChI is InChI=1S/C14H16Cl2N2S/c1-3-12-14(16)13(18(2)17-12)9-19-11-6-4-10(8-15)5-7-11/h4-7H,3,8-9H2,1-2H3. The summed E-state index contributed by atoms with van der Waals surface area (Å²) in [4.78, 5) is 1.21. The highest BCUT2D eigenvalue weighted by Crippen LogP contribution is 2.28. The molecule has 0 amide bonds. The molecule has 1 heterocycles. The monoisotopic (exact) mass is 314 g/mol. The number of alkyl halides is 1. The predicted molar refractivity (Wildman–Crippen MR) is 83.2 cm³/mol. The molecule has 2 rings (SSSR count). The zero-order chi connectivity index (χ0) is 13.8. The van der Waals surface area contributed by atoms with Crippen molar-refractivity contribution in [2.45, 2.75) is 29.9 Å². The minimum atomic E-state index is 0.554. The van der Waals surface area contributed by atoms with Gasteiger partial charge in [0.05, 0.1) is 16.4 Å². The van der Waals surface area contributed by atoms with Crippen LogP contribution in [-0.2, 0) is 25.1 Å². The van der Waals surface area contributed by atoms with Crippen LogP contribution in [0.15, 0.2) is 29.2 Å². The van der Waals surface area contributed by atoms with Crippen LogP contribution in [0.2, 0.25) is 5.02 Å². The Balaban J connectivity index is 2.07. The second-order valence-electron chi connectivity index (χ2n) is 4.25. The summed E-state index contributed by atoms with van der Waals surface area (Å²) in [5.41, 5.74) is 3.18. The van der Waals surface area contributed by atoms with E-state index in [0.717, 1.165) is 34.1 Å². The van der Waals surface area contributed by atoms with E-state index >= 15 is 0 Å². The maximum absolute atomic E-state index is 6.33. The molecule has 0 N–H and O–H groups in total.